The van der Waals surface area contributed by atoms with Gasteiger partial charge in [0.05, 0.1) is 22.0 Å². The van der Waals surface area contributed by atoms with Crippen molar-refractivity contribution in [3.8, 4) is 0 Å². The Hall–Kier alpha value is -2.87. The average molecular weight is 345 g/mol. The fourth-order valence-electron chi connectivity index (χ4n) is 2.37. The van der Waals surface area contributed by atoms with Crippen molar-refractivity contribution in [2.75, 3.05) is 22.0 Å². The van der Waals surface area contributed by atoms with E-state index in [4.69, 9.17) is 0 Å². The third kappa shape index (κ3) is 2.95. The van der Waals surface area contributed by atoms with Crippen molar-refractivity contribution in [1.82, 2.24) is 0 Å². The number of benzene rings is 2. The lowest BCUT2D eigenvalue weighted by atomic mass is 10.2. The standard InChI is InChI=1S/C16H15N3O4S/c1-19(11-5-3-2-4-6-11)24(22,23)12-7-8-13-14(9-12)18-16(21)10-15(20)17-13/h2-9H,10H2,1H3,(H,17,20)(H,18,21). The minimum Gasteiger partial charge on any atom is -0.324 e. The van der Waals surface area contributed by atoms with Gasteiger partial charge in [-0.2, -0.15) is 0 Å². The molecule has 1 aliphatic rings. The fourth-order valence-corrected chi connectivity index (χ4v) is 3.59. The molecule has 0 fully saturated rings. The second kappa shape index (κ2) is 5.97. The smallest absolute Gasteiger partial charge is 0.264 e. The molecule has 0 atom stereocenters. The largest absolute Gasteiger partial charge is 0.324 e. The van der Waals surface area contributed by atoms with Gasteiger partial charge >= 0.3 is 0 Å². The van der Waals surface area contributed by atoms with E-state index >= 15 is 0 Å². The number of nitrogens with one attached hydrogen (secondary N) is 2. The topological polar surface area (TPSA) is 95.6 Å². The molecule has 0 aromatic heterocycles. The highest BCUT2D eigenvalue weighted by molar-refractivity contribution is 7.92. The Morgan fingerprint density at radius 2 is 1.54 bits per heavy atom. The molecule has 0 bridgehead atoms. The molecular formula is C16H15N3O4S. The lowest BCUT2D eigenvalue weighted by Crippen LogP contribution is -2.26. The highest BCUT2D eigenvalue weighted by Crippen LogP contribution is 2.30. The van der Waals surface area contributed by atoms with E-state index in [0.717, 1.165) is 4.31 Å². The molecule has 3 rings (SSSR count). The highest BCUT2D eigenvalue weighted by Gasteiger charge is 2.24. The maximum Gasteiger partial charge on any atom is 0.264 e. The molecule has 2 N–H and O–H groups in total. The van der Waals surface area contributed by atoms with Crippen LogP contribution >= 0.6 is 0 Å². The van der Waals surface area contributed by atoms with Crippen molar-refractivity contribution in [3.63, 3.8) is 0 Å². The predicted molar refractivity (Wildman–Crippen MR) is 90.3 cm³/mol. The van der Waals surface area contributed by atoms with Gasteiger partial charge in [-0.3, -0.25) is 13.9 Å². The summed E-state index contributed by atoms with van der Waals surface area (Å²) in [5.74, 6) is -0.930. The van der Waals surface area contributed by atoms with E-state index in [9.17, 15) is 18.0 Å². The molecule has 2 amide bonds. The second-order valence-corrected chi connectivity index (χ2v) is 7.26. The SMILES string of the molecule is CN(c1ccccc1)S(=O)(=O)c1ccc2c(c1)NC(=O)CC(=O)N2. The maximum absolute atomic E-state index is 12.8. The first-order valence-corrected chi connectivity index (χ1v) is 8.59. The number of hydrogen-bond donors (Lipinski definition) is 2. The van der Waals surface area contributed by atoms with Gasteiger partial charge in [0.2, 0.25) is 11.8 Å². The van der Waals surface area contributed by atoms with Crippen LogP contribution in [0.2, 0.25) is 0 Å². The number of carbonyl (C=O) groups is 2. The summed E-state index contributed by atoms with van der Waals surface area (Å²) in [6.07, 6.45) is -0.305. The Bertz CT molecular complexity index is 910. The third-order valence-corrected chi connectivity index (χ3v) is 5.42. The van der Waals surface area contributed by atoms with Crippen LogP contribution in [-0.4, -0.2) is 27.3 Å². The number of sulfonamides is 1. The number of anilines is 3. The van der Waals surface area contributed by atoms with Crippen LogP contribution < -0.4 is 14.9 Å². The van der Waals surface area contributed by atoms with Crippen LogP contribution in [-0.2, 0) is 19.6 Å². The number of rotatable bonds is 3. The first kappa shape index (κ1) is 16.0. The van der Waals surface area contributed by atoms with Crippen molar-refractivity contribution in [2.24, 2.45) is 0 Å². The number of amides is 2. The number of nitrogens with zero attached hydrogens (tertiary/aromatic N) is 1. The summed E-state index contributed by atoms with van der Waals surface area (Å²) in [4.78, 5) is 23.2. The van der Waals surface area contributed by atoms with Crippen molar-refractivity contribution >= 4 is 38.9 Å². The molecular weight excluding hydrogens is 330 g/mol. The monoisotopic (exact) mass is 345 g/mol. The highest BCUT2D eigenvalue weighted by atomic mass is 32.2. The lowest BCUT2D eigenvalue weighted by Gasteiger charge is -2.20. The van der Waals surface area contributed by atoms with Crippen LogP contribution in [0.15, 0.2) is 53.4 Å². The molecule has 7 nitrogen and oxygen atoms in total. The van der Waals surface area contributed by atoms with Crippen molar-refractivity contribution in [2.45, 2.75) is 11.3 Å². The van der Waals surface area contributed by atoms with Gasteiger partial charge in [0.25, 0.3) is 10.0 Å². The Balaban J connectivity index is 2.01. The molecule has 2 aromatic carbocycles. The minimum atomic E-state index is -3.80. The van der Waals surface area contributed by atoms with Crippen LogP contribution in [0.4, 0.5) is 17.1 Å². The predicted octanol–water partition coefficient (Wildman–Crippen LogP) is 1.79. The van der Waals surface area contributed by atoms with E-state index in [2.05, 4.69) is 10.6 Å². The zero-order valence-corrected chi connectivity index (χ0v) is 13.6. The van der Waals surface area contributed by atoms with E-state index in [1.54, 1.807) is 30.3 Å². The average Bonchev–Trinajstić information content (AvgIpc) is 2.70. The Labute approximate surface area is 139 Å². The molecule has 0 unspecified atom stereocenters. The Morgan fingerprint density at radius 1 is 0.917 bits per heavy atom. The number of hydrogen-bond acceptors (Lipinski definition) is 4. The summed E-state index contributed by atoms with van der Waals surface area (Å²) in [5, 5.41) is 5.10. The molecule has 0 aliphatic carbocycles. The molecule has 2 aromatic rings. The van der Waals surface area contributed by atoms with E-state index in [0.29, 0.717) is 11.4 Å². The van der Waals surface area contributed by atoms with Gasteiger partial charge in [0.1, 0.15) is 6.42 Å². The van der Waals surface area contributed by atoms with Crippen LogP contribution in [0, 0.1) is 0 Å². The molecule has 1 heterocycles. The van der Waals surface area contributed by atoms with Crippen molar-refractivity contribution < 1.29 is 18.0 Å². The lowest BCUT2D eigenvalue weighted by molar-refractivity contribution is -0.123. The minimum absolute atomic E-state index is 0.0176. The molecule has 8 heteroatoms. The second-order valence-electron chi connectivity index (χ2n) is 5.29. The van der Waals surface area contributed by atoms with E-state index < -0.39 is 21.8 Å². The molecule has 1 aliphatic heterocycles. The van der Waals surface area contributed by atoms with Crippen molar-refractivity contribution in [3.05, 3.63) is 48.5 Å². The van der Waals surface area contributed by atoms with E-state index in [1.165, 1.54) is 25.2 Å². The van der Waals surface area contributed by atoms with Gasteiger partial charge in [0.15, 0.2) is 0 Å². The third-order valence-electron chi connectivity index (χ3n) is 3.64. The van der Waals surface area contributed by atoms with Gasteiger partial charge in [0, 0.05) is 7.05 Å². The van der Waals surface area contributed by atoms with Gasteiger partial charge in [-0.1, -0.05) is 18.2 Å². The Morgan fingerprint density at radius 3 is 2.21 bits per heavy atom. The number of fused-ring (bicyclic) bond motifs is 1. The number of para-hydroxylation sites is 1. The molecule has 0 saturated heterocycles. The maximum atomic E-state index is 12.8. The summed E-state index contributed by atoms with van der Waals surface area (Å²) in [7, 11) is -2.34. The number of carbonyl (C=O) groups excluding carboxylic acids is 2. The van der Waals surface area contributed by atoms with E-state index in [-0.39, 0.29) is 17.0 Å². The van der Waals surface area contributed by atoms with Crippen LogP contribution in [0.1, 0.15) is 6.42 Å². The first-order chi connectivity index (χ1) is 11.4. The van der Waals surface area contributed by atoms with Gasteiger partial charge in [-0.25, -0.2) is 8.42 Å². The van der Waals surface area contributed by atoms with Gasteiger partial charge in [-0.05, 0) is 30.3 Å². The summed E-state index contributed by atoms with van der Waals surface area (Å²) < 4.78 is 26.7. The molecule has 124 valence electrons. The van der Waals surface area contributed by atoms with Gasteiger partial charge < -0.3 is 10.6 Å². The summed E-state index contributed by atoms with van der Waals surface area (Å²) in [6.45, 7) is 0. The summed E-state index contributed by atoms with van der Waals surface area (Å²) in [5.41, 5.74) is 1.14. The summed E-state index contributed by atoms with van der Waals surface area (Å²) in [6, 6.07) is 12.8. The molecule has 0 radical (unpaired) electrons. The van der Waals surface area contributed by atoms with Crippen molar-refractivity contribution in [1.29, 1.82) is 0 Å². The fraction of sp³-hybridized carbons (Fsp3) is 0.125. The quantitative estimate of drug-likeness (QED) is 0.829. The van der Waals surface area contributed by atoms with Crippen LogP contribution in [0.25, 0.3) is 0 Å². The van der Waals surface area contributed by atoms with Crippen LogP contribution in [0.3, 0.4) is 0 Å². The van der Waals surface area contributed by atoms with Gasteiger partial charge in [-0.15, -0.1) is 0 Å². The molecule has 0 spiro atoms. The van der Waals surface area contributed by atoms with E-state index in [1.807, 2.05) is 0 Å². The Kier molecular flexibility index (Phi) is 3.98. The zero-order valence-electron chi connectivity index (χ0n) is 12.8. The first-order valence-electron chi connectivity index (χ1n) is 7.15. The summed E-state index contributed by atoms with van der Waals surface area (Å²) >= 11 is 0. The molecule has 24 heavy (non-hydrogen) atoms. The van der Waals surface area contributed by atoms with Crippen LogP contribution in [0.5, 0.6) is 0 Å². The molecule has 0 saturated carbocycles. The normalized spacial score (nSPS) is 14.2. The zero-order chi connectivity index (χ0) is 17.3.